The van der Waals surface area contributed by atoms with Gasteiger partial charge in [0.2, 0.25) is 5.91 Å². The summed E-state index contributed by atoms with van der Waals surface area (Å²) in [7, 11) is 0. The van der Waals surface area contributed by atoms with Crippen molar-refractivity contribution in [3.05, 3.63) is 40.3 Å². The van der Waals surface area contributed by atoms with Crippen molar-refractivity contribution in [2.75, 3.05) is 13.1 Å². The van der Waals surface area contributed by atoms with Gasteiger partial charge in [0.15, 0.2) is 0 Å². The Bertz CT molecular complexity index is 635. The largest absolute Gasteiger partial charge is 0.356 e. The molecule has 0 fully saturated rings. The van der Waals surface area contributed by atoms with Crippen LogP contribution >= 0.6 is 11.3 Å². The number of amides is 1. The van der Waals surface area contributed by atoms with Gasteiger partial charge in [0.1, 0.15) is 0 Å². The van der Waals surface area contributed by atoms with E-state index in [1.165, 1.54) is 10.6 Å². The van der Waals surface area contributed by atoms with Crippen LogP contribution in [0.25, 0.3) is 0 Å². The van der Waals surface area contributed by atoms with E-state index in [2.05, 4.69) is 43.6 Å². The zero-order valence-electron chi connectivity index (χ0n) is 13.7. The summed E-state index contributed by atoms with van der Waals surface area (Å²) in [6.45, 7) is 7.44. The Kier molecular flexibility index (Phi) is 5.13. The highest BCUT2D eigenvalue weighted by Gasteiger charge is 2.25. The number of fused-ring (bicyclic) bond motifs is 1. The molecule has 124 valence electrons. The maximum Gasteiger partial charge on any atom is 0.222 e. The Morgan fingerprint density at radius 3 is 3.09 bits per heavy atom. The van der Waals surface area contributed by atoms with Crippen LogP contribution in [0.2, 0.25) is 0 Å². The van der Waals surface area contributed by atoms with Crippen LogP contribution in [0.15, 0.2) is 29.8 Å². The molecular weight excluding hydrogens is 308 g/mol. The molecule has 3 rings (SSSR count). The maximum atomic E-state index is 11.7. The summed E-state index contributed by atoms with van der Waals surface area (Å²) in [5, 5.41) is 9.63. The first-order valence-electron chi connectivity index (χ1n) is 8.18. The van der Waals surface area contributed by atoms with Gasteiger partial charge in [-0.1, -0.05) is 19.9 Å². The van der Waals surface area contributed by atoms with Gasteiger partial charge >= 0.3 is 0 Å². The standard InChI is InChI=1S/C17H24N4OS/c1-13(2)17(22)18-7-5-14-10-20(12-16-4-3-9-23-16)11-15-6-8-19-21(14)15/h3-4,6,8-9,13-14H,5,7,10-12H2,1-2H3,(H,18,22)/t14-/m1/s1. The highest BCUT2D eigenvalue weighted by Crippen LogP contribution is 2.25. The number of nitrogens with one attached hydrogen (secondary N) is 1. The summed E-state index contributed by atoms with van der Waals surface area (Å²) in [4.78, 5) is 15.6. The third kappa shape index (κ3) is 4.00. The molecule has 0 aromatic carbocycles. The van der Waals surface area contributed by atoms with Crippen LogP contribution in [0.1, 0.15) is 36.9 Å². The maximum absolute atomic E-state index is 11.7. The average Bonchev–Trinajstić information content (AvgIpc) is 3.18. The molecule has 23 heavy (non-hydrogen) atoms. The SMILES string of the molecule is CC(C)C(=O)NCC[C@@H]1CN(Cc2cccs2)Cc2ccnn21. The molecular formula is C17H24N4OS. The van der Waals surface area contributed by atoms with Crippen molar-refractivity contribution < 1.29 is 4.79 Å². The van der Waals surface area contributed by atoms with Crippen LogP contribution in [0.5, 0.6) is 0 Å². The average molecular weight is 332 g/mol. The number of hydrogen-bond acceptors (Lipinski definition) is 4. The van der Waals surface area contributed by atoms with E-state index in [4.69, 9.17) is 0 Å². The van der Waals surface area contributed by atoms with Crippen LogP contribution in [0.3, 0.4) is 0 Å². The zero-order chi connectivity index (χ0) is 16.2. The fourth-order valence-corrected chi connectivity index (χ4v) is 3.73. The summed E-state index contributed by atoms with van der Waals surface area (Å²) in [5.74, 6) is 0.161. The molecule has 1 N–H and O–H groups in total. The van der Waals surface area contributed by atoms with Crippen LogP contribution in [-0.2, 0) is 17.9 Å². The van der Waals surface area contributed by atoms with Gasteiger partial charge in [0.25, 0.3) is 0 Å². The quantitative estimate of drug-likeness (QED) is 0.885. The third-order valence-electron chi connectivity index (χ3n) is 4.21. The van der Waals surface area contributed by atoms with Crippen LogP contribution < -0.4 is 5.32 Å². The molecule has 2 aromatic heterocycles. The van der Waals surface area contributed by atoms with Gasteiger partial charge in [0, 0.05) is 43.2 Å². The minimum atomic E-state index is 0.0388. The van der Waals surface area contributed by atoms with E-state index < -0.39 is 0 Å². The Labute approximate surface area is 141 Å². The summed E-state index contributed by atoms with van der Waals surface area (Å²) in [6, 6.07) is 6.71. The summed E-state index contributed by atoms with van der Waals surface area (Å²) < 4.78 is 2.13. The van der Waals surface area contributed by atoms with E-state index in [1.54, 1.807) is 11.3 Å². The second-order valence-electron chi connectivity index (χ2n) is 6.40. The predicted octanol–water partition coefficient (Wildman–Crippen LogP) is 2.66. The number of carbonyl (C=O) groups excluding carboxylic acids is 1. The lowest BCUT2D eigenvalue weighted by atomic mass is 10.1. The summed E-state index contributed by atoms with van der Waals surface area (Å²) in [5.41, 5.74) is 1.26. The van der Waals surface area contributed by atoms with Crippen molar-refractivity contribution in [1.82, 2.24) is 20.0 Å². The first-order valence-corrected chi connectivity index (χ1v) is 9.06. The number of nitrogens with zero attached hydrogens (tertiary/aromatic N) is 3. The van der Waals surface area contributed by atoms with Crippen LogP contribution in [0, 0.1) is 5.92 Å². The van der Waals surface area contributed by atoms with Gasteiger partial charge < -0.3 is 5.32 Å². The third-order valence-corrected chi connectivity index (χ3v) is 5.07. The first-order chi connectivity index (χ1) is 11.1. The van der Waals surface area contributed by atoms with E-state index >= 15 is 0 Å². The number of hydrogen-bond donors (Lipinski definition) is 1. The van der Waals surface area contributed by atoms with E-state index in [0.29, 0.717) is 12.6 Å². The number of thiophene rings is 1. The Balaban J connectivity index is 1.61. The molecule has 0 radical (unpaired) electrons. The smallest absolute Gasteiger partial charge is 0.222 e. The molecule has 1 atom stereocenters. The minimum Gasteiger partial charge on any atom is -0.356 e. The van der Waals surface area contributed by atoms with Crippen molar-refractivity contribution >= 4 is 17.2 Å². The molecule has 1 amide bonds. The van der Waals surface area contributed by atoms with Crippen molar-refractivity contribution in [2.24, 2.45) is 5.92 Å². The second-order valence-corrected chi connectivity index (χ2v) is 7.44. The summed E-state index contributed by atoms with van der Waals surface area (Å²) in [6.07, 6.45) is 2.79. The number of aromatic nitrogens is 2. The van der Waals surface area contributed by atoms with Crippen molar-refractivity contribution in [3.63, 3.8) is 0 Å². The van der Waals surface area contributed by atoms with Gasteiger partial charge in [-0.15, -0.1) is 11.3 Å². The highest BCUT2D eigenvalue weighted by molar-refractivity contribution is 7.09. The molecule has 0 bridgehead atoms. The first kappa shape index (κ1) is 16.2. The van der Waals surface area contributed by atoms with Crippen molar-refractivity contribution in [1.29, 1.82) is 0 Å². The Morgan fingerprint density at radius 1 is 1.48 bits per heavy atom. The zero-order valence-corrected chi connectivity index (χ0v) is 14.6. The molecule has 6 heteroatoms. The van der Waals surface area contributed by atoms with Gasteiger partial charge in [-0.3, -0.25) is 14.4 Å². The molecule has 0 aliphatic carbocycles. The molecule has 2 aromatic rings. The van der Waals surface area contributed by atoms with E-state index in [-0.39, 0.29) is 11.8 Å². The second kappa shape index (κ2) is 7.27. The van der Waals surface area contributed by atoms with Crippen molar-refractivity contribution in [2.45, 2.75) is 39.4 Å². The molecule has 0 saturated carbocycles. The molecule has 0 spiro atoms. The fourth-order valence-electron chi connectivity index (χ4n) is 2.99. The molecule has 1 aliphatic heterocycles. The fraction of sp³-hybridized carbons (Fsp3) is 0.529. The summed E-state index contributed by atoms with van der Waals surface area (Å²) >= 11 is 1.81. The molecule has 1 aliphatic rings. The van der Waals surface area contributed by atoms with Gasteiger partial charge in [-0.2, -0.15) is 5.10 Å². The van der Waals surface area contributed by atoms with E-state index in [0.717, 1.165) is 26.1 Å². The van der Waals surface area contributed by atoms with Crippen LogP contribution in [-0.4, -0.2) is 33.7 Å². The molecule has 0 saturated heterocycles. The van der Waals surface area contributed by atoms with Gasteiger partial charge in [-0.05, 0) is 23.9 Å². The number of rotatable bonds is 6. The Hall–Kier alpha value is -1.66. The van der Waals surface area contributed by atoms with E-state index in [9.17, 15) is 4.79 Å². The molecule has 3 heterocycles. The Morgan fingerprint density at radius 2 is 2.35 bits per heavy atom. The lowest BCUT2D eigenvalue weighted by Crippen LogP contribution is -2.39. The highest BCUT2D eigenvalue weighted by atomic mass is 32.1. The van der Waals surface area contributed by atoms with Gasteiger partial charge in [-0.25, -0.2) is 0 Å². The van der Waals surface area contributed by atoms with Crippen LogP contribution in [0.4, 0.5) is 0 Å². The number of carbonyl (C=O) groups is 1. The van der Waals surface area contributed by atoms with Gasteiger partial charge in [0.05, 0.1) is 11.7 Å². The minimum absolute atomic E-state index is 0.0388. The monoisotopic (exact) mass is 332 g/mol. The molecule has 5 nitrogen and oxygen atoms in total. The lowest BCUT2D eigenvalue weighted by molar-refractivity contribution is -0.124. The lowest BCUT2D eigenvalue weighted by Gasteiger charge is -2.33. The van der Waals surface area contributed by atoms with Crippen molar-refractivity contribution in [3.8, 4) is 0 Å². The topological polar surface area (TPSA) is 50.2 Å². The van der Waals surface area contributed by atoms with E-state index in [1.807, 2.05) is 20.0 Å². The normalized spacial score (nSPS) is 18.1. The molecule has 0 unspecified atom stereocenters. The predicted molar refractivity (Wildman–Crippen MR) is 92.2 cm³/mol.